The van der Waals surface area contributed by atoms with Gasteiger partial charge in [0.25, 0.3) is 5.56 Å². The Hall–Kier alpha value is -4.52. The third kappa shape index (κ3) is 4.75. The number of esters is 1. The SMILES string of the molecule is Cn1c(CCC(=O)OCc2cn(-c3ccccc3)nc2-c2ccccc2)nc2ccccc2c1=O. The summed E-state index contributed by atoms with van der Waals surface area (Å²) in [6, 6.07) is 26.8. The molecule has 0 unspecified atom stereocenters. The molecule has 5 rings (SSSR count). The maximum atomic E-state index is 12.6. The van der Waals surface area contributed by atoms with Gasteiger partial charge in [-0.2, -0.15) is 5.10 Å². The summed E-state index contributed by atoms with van der Waals surface area (Å²) in [7, 11) is 1.67. The molecule has 0 aliphatic heterocycles. The topological polar surface area (TPSA) is 79.0 Å². The van der Waals surface area contributed by atoms with Crippen LogP contribution in [0.5, 0.6) is 0 Å². The Morgan fingerprint density at radius 3 is 2.37 bits per heavy atom. The number of ether oxygens (including phenoxy) is 1. The first-order chi connectivity index (χ1) is 17.1. The minimum Gasteiger partial charge on any atom is -0.461 e. The number of carbonyl (C=O) groups excluding carboxylic acids is 1. The molecule has 0 aliphatic rings. The number of carbonyl (C=O) groups is 1. The average Bonchev–Trinajstić information content (AvgIpc) is 3.34. The molecular formula is C28H24N4O3. The van der Waals surface area contributed by atoms with E-state index in [1.54, 1.807) is 23.9 Å². The predicted molar refractivity (Wildman–Crippen MR) is 134 cm³/mol. The molecule has 0 saturated heterocycles. The smallest absolute Gasteiger partial charge is 0.306 e. The Kier molecular flexibility index (Phi) is 6.22. The van der Waals surface area contributed by atoms with Crippen LogP contribution in [0.1, 0.15) is 17.8 Å². The lowest BCUT2D eigenvalue weighted by molar-refractivity contribution is -0.144. The summed E-state index contributed by atoms with van der Waals surface area (Å²) < 4.78 is 8.90. The highest BCUT2D eigenvalue weighted by atomic mass is 16.5. The monoisotopic (exact) mass is 464 g/mol. The largest absolute Gasteiger partial charge is 0.461 e. The van der Waals surface area contributed by atoms with Crippen LogP contribution in [0.4, 0.5) is 0 Å². The van der Waals surface area contributed by atoms with E-state index in [-0.39, 0.29) is 24.6 Å². The highest BCUT2D eigenvalue weighted by Crippen LogP contribution is 2.24. The number of benzene rings is 3. The summed E-state index contributed by atoms with van der Waals surface area (Å²) in [5, 5.41) is 5.31. The number of hydrogen-bond acceptors (Lipinski definition) is 5. The van der Waals surface area contributed by atoms with Crippen molar-refractivity contribution in [2.75, 3.05) is 0 Å². The summed E-state index contributed by atoms with van der Waals surface area (Å²) >= 11 is 0. The molecule has 174 valence electrons. The molecule has 0 N–H and O–H groups in total. The van der Waals surface area contributed by atoms with Crippen molar-refractivity contribution in [3.05, 3.63) is 113 Å². The summed E-state index contributed by atoms with van der Waals surface area (Å²) in [6.45, 7) is 0.0972. The van der Waals surface area contributed by atoms with E-state index in [9.17, 15) is 9.59 Å². The van der Waals surface area contributed by atoms with Crippen LogP contribution >= 0.6 is 0 Å². The van der Waals surface area contributed by atoms with Crippen LogP contribution in [-0.4, -0.2) is 25.3 Å². The van der Waals surface area contributed by atoms with Crippen molar-refractivity contribution in [1.29, 1.82) is 0 Å². The van der Waals surface area contributed by atoms with Gasteiger partial charge in [-0.1, -0.05) is 60.7 Å². The molecule has 2 aromatic heterocycles. The molecule has 0 saturated carbocycles. The van der Waals surface area contributed by atoms with Gasteiger partial charge in [-0.05, 0) is 24.3 Å². The zero-order chi connectivity index (χ0) is 24.2. The summed E-state index contributed by atoms with van der Waals surface area (Å²) in [6.07, 6.45) is 2.32. The van der Waals surface area contributed by atoms with Gasteiger partial charge in [0, 0.05) is 30.8 Å². The quantitative estimate of drug-likeness (QED) is 0.332. The van der Waals surface area contributed by atoms with Crippen LogP contribution in [0.2, 0.25) is 0 Å². The molecule has 7 heteroatoms. The molecule has 2 heterocycles. The first-order valence-corrected chi connectivity index (χ1v) is 11.4. The van der Waals surface area contributed by atoms with Crippen molar-refractivity contribution in [3.8, 4) is 16.9 Å². The lowest BCUT2D eigenvalue weighted by atomic mass is 10.1. The molecule has 3 aromatic carbocycles. The molecule has 0 atom stereocenters. The highest BCUT2D eigenvalue weighted by Gasteiger charge is 2.15. The molecule has 7 nitrogen and oxygen atoms in total. The maximum absolute atomic E-state index is 12.6. The molecule has 0 radical (unpaired) electrons. The van der Waals surface area contributed by atoms with Gasteiger partial charge in [-0.25, -0.2) is 9.67 Å². The van der Waals surface area contributed by atoms with Crippen LogP contribution in [0.25, 0.3) is 27.8 Å². The fourth-order valence-electron chi connectivity index (χ4n) is 4.00. The number of rotatable bonds is 7. The molecule has 0 aliphatic carbocycles. The second-order valence-corrected chi connectivity index (χ2v) is 8.22. The normalized spacial score (nSPS) is 11.0. The van der Waals surface area contributed by atoms with Crippen molar-refractivity contribution in [3.63, 3.8) is 0 Å². The second kappa shape index (κ2) is 9.77. The molecule has 0 fully saturated rings. The van der Waals surface area contributed by atoms with Crippen LogP contribution in [0.3, 0.4) is 0 Å². The number of nitrogens with zero attached hydrogens (tertiary/aromatic N) is 4. The van der Waals surface area contributed by atoms with Gasteiger partial charge in [-0.3, -0.25) is 14.2 Å². The van der Waals surface area contributed by atoms with Crippen molar-refractivity contribution < 1.29 is 9.53 Å². The Morgan fingerprint density at radius 1 is 0.914 bits per heavy atom. The second-order valence-electron chi connectivity index (χ2n) is 8.22. The van der Waals surface area contributed by atoms with Gasteiger partial charge in [0.2, 0.25) is 0 Å². The molecule has 5 aromatic rings. The Labute approximate surface area is 202 Å². The minimum absolute atomic E-state index is 0.0972. The molecule has 0 amide bonds. The van der Waals surface area contributed by atoms with Crippen molar-refractivity contribution in [2.45, 2.75) is 19.4 Å². The van der Waals surface area contributed by atoms with E-state index in [0.29, 0.717) is 23.1 Å². The molecular weight excluding hydrogens is 440 g/mol. The highest BCUT2D eigenvalue weighted by molar-refractivity contribution is 5.77. The molecule has 0 bridgehead atoms. The zero-order valence-electron chi connectivity index (χ0n) is 19.3. The van der Waals surface area contributed by atoms with Crippen molar-refractivity contribution >= 4 is 16.9 Å². The number of para-hydroxylation sites is 2. The van der Waals surface area contributed by atoms with Crippen molar-refractivity contribution in [2.24, 2.45) is 7.05 Å². The standard InChI is InChI=1S/C28H24N4O3/c1-31-25(29-24-15-9-8-14-23(24)28(31)34)16-17-26(33)35-19-21-18-32(22-12-6-3-7-13-22)30-27(21)20-10-4-2-5-11-20/h2-15,18H,16-17,19H2,1H3. The van der Waals surface area contributed by atoms with Crippen LogP contribution < -0.4 is 5.56 Å². The van der Waals surface area contributed by atoms with Crippen LogP contribution in [-0.2, 0) is 29.6 Å². The van der Waals surface area contributed by atoms with Gasteiger partial charge >= 0.3 is 5.97 Å². The fraction of sp³-hybridized carbons (Fsp3) is 0.143. The van der Waals surface area contributed by atoms with Crippen LogP contribution in [0.15, 0.2) is 95.9 Å². The van der Waals surface area contributed by atoms with Gasteiger partial charge in [0.05, 0.1) is 28.7 Å². The molecule has 0 spiro atoms. The zero-order valence-corrected chi connectivity index (χ0v) is 19.3. The average molecular weight is 465 g/mol. The van der Waals surface area contributed by atoms with Crippen LogP contribution in [0, 0.1) is 0 Å². The van der Waals surface area contributed by atoms with Gasteiger partial charge in [0.15, 0.2) is 0 Å². The number of aromatic nitrogens is 4. The van der Waals surface area contributed by atoms with E-state index in [2.05, 4.69) is 4.98 Å². The van der Waals surface area contributed by atoms with Gasteiger partial charge < -0.3 is 4.74 Å². The van der Waals surface area contributed by atoms with E-state index in [1.165, 1.54) is 4.57 Å². The number of hydrogen-bond donors (Lipinski definition) is 0. The van der Waals surface area contributed by atoms with E-state index < -0.39 is 0 Å². The lowest BCUT2D eigenvalue weighted by Gasteiger charge is -2.09. The summed E-state index contributed by atoms with van der Waals surface area (Å²) in [5.41, 5.74) is 3.94. The molecule has 35 heavy (non-hydrogen) atoms. The third-order valence-electron chi connectivity index (χ3n) is 5.88. The summed E-state index contributed by atoms with van der Waals surface area (Å²) in [5.74, 6) is 0.186. The summed E-state index contributed by atoms with van der Waals surface area (Å²) in [4.78, 5) is 29.8. The van der Waals surface area contributed by atoms with E-state index in [1.807, 2.05) is 79.0 Å². The first-order valence-electron chi connectivity index (χ1n) is 11.4. The van der Waals surface area contributed by atoms with E-state index in [0.717, 1.165) is 22.5 Å². The van der Waals surface area contributed by atoms with Gasteiger partial charge in [-0.15, -0.1) is 0 Å². The van der Waals surface area contributed by atoms with Crippen molar-refractivity contribution in [1.82, 2.24) is 19.3 Å². The minimum atomic E-state index is -0.362. The first kappa shape index (κ1) is 22.3. The van der Waals surface area contributed by atoms with Gasteiger partial charge in [0.1, 0.15) is 12.4 Å². The Bertz CT molecular complexity index is 1540. The number of fused-ring (bicyclic) bond motifs is 1. The fourth-order valence-corrected chi connectivity index (χ4v) is 4.00. The Morgan fingerprint density at radius 2 is 1.60 bits per heavy atom. The Balaban J connectivity index is 1.32. The lowest BCUT2D eigenvalue weighted by Crippen LogP contribution is -2.23. The van der Waals surface area contributed by atoms with E-state index in [4.69, 9.17) is 9.84 Å². The predicted octanol–water partition coefficient (Wildman–Crippen LogP) is 4.46. The van der Waals surface area contributed by atoms with E-state index >= 15 is 0 Å². The maximum Gasteiger partial charge on any atom is 0.306 e. The third-order valence-corrected chi connectivity index (χ3v) is 5.88. The number of aryl methyl sites for hydroxylation is 1.